The summed E-state index contributed by atoms with van der Waals surface area (Å²) in [4.78, 5) is 38.2. The molecule has 152 valence electrons. The average Bonchev–Trinajstić information content (AvgIpc) is 3.23. The van der Waals surface area contributed by atoms with Crippen LogP contribution in [0.5, 0.6) is 0 Å². The monoisotopic (exact) mass is 423 g/mol. The molecule has 4 rings (SSSR count). The van der Waals surface area contributed by atoms with Crippen LogP contribution in [0.3, 0.4) is 0 Å². The molecule has 0 atom stereocenters. The third kappa shape index (κ3) is 4.08. The quantitative estimate of drug-likeness (QED) is 0.507. The molecule has 0 saturated heterocycles. The van der Waals surface area contributed by atoms with Gasteiger partial charge in [0.1, 0.15) is 5.82 Å². The van der Waals surface area contributed by atoms with Gasteiger partial charge in [0.25, 0.3) is 11.5 Å². The van der Waals surface area contributed by atoms with Crippen LogP contribution >= 0.6 is 11.6 Å². The Balaban J connectivity index is 1.61. The Labute approximate surface area is 176 Å². The molecule has 0 fully saturated rings. The van der Waals surface area contributed by atoms with Crippen LogP contribution < -0.4 is 5.56 Å². The molecule has 30 heavy (non-hydrogen) atoms. The zero-order valence-corrected chi connectivity index (χ0v) is 16.9. The number of rotatable bonds is 6. The smallest absolute Gasteiger partial charge is 0.276 e. The normalized spacial score (nSPS) is 11.0. The molecule has 0 spiro atoms. The number of carbonyl (C=O) groups excluding carboxylic acids is 1. The molecule has 0 aliphatic carbocycles. The summed E-state index contributed by atoms with van der Waals surface area (Å²) >= 11 is 6.02. The van der Waals surface area contributed by atoms with Crippen molar-refractivity contribution in [3.05, 3.63) is 75.7 Å². The second kappa shape index (κ2) is 8.46. The van der Waals surface area contributed by atoms with Gasteiger partial charge in [-0.2, -0.15) is 0 Å². The fourth-order valence-electron chi connectivity index (χ4n) is 3.12. The van der Waals surface area contributed by atoms with Crippen molar-refractivity contribution in [2.45, 2.75) is 19.9 Å². The van der Waals surface area contributed by atoms with Crippen molar-refractivity contribution in [1.29, 1.82) is 0 Å². The summed E-state index contributed by atoms with van der Waals surface area (Å²) in [7, 11) is 0. The summed E-state index contributed by atoms with van der Waals surface area (Å²) in [5.41, 5.74) is 1.10. The van der Waals surface area contributed by atoms with Crippen LogP contribution in [0.1, 0.15) is 29.7 Å². The molecule has 0 aliphatic heterocycles. The van der Waals surface area contributed by atoms with E-state index in [-0.39, 0.29) is 23.7 Å². The third-order valence-electron chi connectivity index (χ3n) is 4.51. The zero-order valence-electron chi connectivity index (χ0n) is 16.1. The lowest BCUT2D eigenvalue weighted by Crippen LogP contribution is -2.33. The second-order valence-electron chi connectivity index (χ2n) is 6.72. The number of nitrogens with zero attached hydrogens (tertiary/aromatic N) is 4. The van der Waals surface area contributed by atoms with Crippen LogP contribution in [-0.4, -0.2) is 37.5 Å². The zero-order chi connectivity index (χ0) is 21.1. The van der Waals surface area contributed by atoms with Crippen LogP contribution in [0.15, 0.2) is 58.1 Å². The van der Waals surface area contributed by atoms with Gasteiger partial charge in [-0.25, -0.2) is 4.98 Å². The predicted octanol–water partition coefficient (Wildman–Crippen LogP) is 3.68. The minimum Gasteiger partial charge on any atom is -0.355 e. The van der Waals surface area contributed by atoms with Gasteiger partial charge in [-0.1, -0.05) is 23.7 Å². The van der Waals surface area contributed by atoms with Crippen molar-refractivity contribution in [2.75, 3.05) is 6.54 Å². The maximum absolute atomic E-state index is 13.0. The third-order valence-corrected chi connectivity index (χ3v) is 4.75. The van der Waals surface area contributed by atoms with E-state index in [1.165, 1.54) is 0 Å². The molecule has 0 radical (unpaired) electrons. The molecule has 0 aliphatic rings. The van der Waals surface area contributed by atoms with Gasteiger partial charge in [-0.05, 0) is 36.8 Å². The van der Waals surface area contributed by atoms with E-state index in [0.717, 1.165) is 12.0 Å². The standard InChI is InChI=1S/C21H18ClN5O3/c1-2-8-27(12-19-24-16-9-14(22)5-6-15(16)20(28)25-19)21(29)17-10-18(30-26-17)13-4-3-7-23-11-13/h3-7,9-11H,2,8,12H2,1H3,(H,24,25,28). The van der Waals surface area contributed by atoms with E-state index in [0.29, 0.717) is 34.1 Å². The second-order valence-corrected chi connectivity index (χ2v) is 7.16. The van der Waals surface area contributed by atoms with E-state index in [1.54, 1.807) is 47.6 Å². The lowest BCUT2D eigenvalue weighted by atomic mass is 10.2. The average molecular weight is 424 g/mol. The number of H-pyrrole nitrogens is 1. The summed E-state index contributed by atoms with van der Waals surface area (Å²) in [6, 6.07) is 10.1. The number of benzene rings is 1. The SMILES string of the molecule is CCCN(Cc1nc2cc(Cl)ccc2c(=O)[nH]1)C(=O)c1cc(-c2cccnc2)on1. The number of amides is 1. The lowest BCUT2D eigenvalue weighted by molar-refractivity contribution is 0.0728. The van der Waals surface area contributed by atoms with Gasteiger partial charge < -0.3 is 14.4 Å². The molecule has 4 aromatic rings. The van der Waals surface area contributed by atoms with Gasteiger partial charge in [0.05, 0.1) is 17.4 Å². The summed E-state index contributed by atoms with van der Waals surface area (Å²) in [6.45, 7) is 2.55. The van der Waals surface area contributed by atoms with Crippen molar-refractivity contribution in [2.24, 2.45) is 0 Å². The Hall–Kier alpha value is -3.52. The van der Waals surface area contributed by atoms with Crippen molar-refractivity contribution < 1.29 is 9.32 Å². The van der Waals surface area contributed by atoms with Crippen LogP contribution in [0.25, 0.3) is 22.2 Å². The Kier molecular flexibility index (Phi) is 5.58. The molecule has 9 heteroatoms. The van der Waals surface area contributed by atoms with Crippen molar-refractivity contribution >= 4 is 28.4 Å². The van der Waals surface area contributed by atoms with Crippen molar-refractivity contribution in [3.8, 4) is 11.3 Å². The molecule has 0 bridgehead atoms. The molecule has 3 heterocycles. The van der Waals surface area contributed by atoms with Gasteiger partial charge in [-0.15, -0.1) is 0 Å². The number of hydrogen-bond donors (Lipinski definition) is 1. The first kappa shape index (κ1) is 19.8. The van der Waals surface area contributed by atoms with Gasteiger partial charge in [-0.3, -0.25) is 14.6 Å². The minimum atomic E-state index is -0.315. The van der Waals surface area contributed by atoms with E-state index in [4.69, 9.17) is 16.1 Å². The number of fused-ring (bicyclic) bond motifs is 1. The number of carbonyl (C=O) groups is 1. The molecule has 0 saturated carbocycles. The largest absolute Gasteiger partial charge is 0.355 e. The fourth-order valence-corrected chi connectivity index (χ4v) is 3.29. The first-order valence-electron chi connectivity index (χ1n) is 9.40. The van der Waals surface area contributed by atoms with E-state index in [9.17, 15) is 9.59 Å². The minimum absolute atomic E-state index is 0.124. The van der Waals surface area contributed by atoms with Crippen molar-refractivity contribution in [1.82, 2.24) is 25.0 Å². The molecule has 3 aromatic heterocycles. The van der Waals surface area contributed by atoms with Crippen molar-refractivity contribution in [3.63, 3.8) is 0 Å². The van der Waals surface area contributed by atoms with E-state index in [2.05, 4.69) is 20.1 Å². The summed E-state index contributed by atoms with van der Waals surface area (Å²) in [5.74, 6) is 0.506. The molecule has 8 nitrogen and oxygen atoms in total. The van der Waals surface area contributed by atoms with E-state index >= 15 is 0 Å². The van der Waals surface area contributed by atoms with Crippen LogP contribution in [0.4, 0.5) is 0 Å². The topological polar surface area (TPSA) is 105 Å². The molecular formula is C21H18ClN5O3. The van der Waals surface area contributed by atoms with E-state index in [1.807, 2.05) is 13.0 Å². The van der Waals surface area contributed by atoms with Crippen LogP contribution in [0, 0.1) is 0 Å². The first-order valence-corrected chi connectivity index (χ1v) is 9.78. The molecule has 1 N–H and O–H groups in total. The van der Waals surface area contributed by atoms with Gasteiger partial charge in [0, 0.05) is 35.6 Å². The molecular weight excluding hydrogens is 406 g/mol. The first-order chi connectivity index (χ1) is 14.5. The van der Waals surface area contributed by atoms with E-state index < -0.39 is 0 Å². The molecule has 1 aromatic carbocycles. The highest BCUT2D eigenvalue weighted by molar-refractivity contribution is 6.31. The Morgan fingerprint density at radius 1 is 1.27 bits per heavy atom. The summed E-state index contributed by atoms with van der Waals surface area (Å²) in [5, 5.41) is 4.84. The number of hydrogen-bond acceptors (Lipinski definition) is 6. The van der Waals surface area contributed by atoms with Gasteiger partial charge in [0.2, 0.25) is 0 Å². The molecule has 1 amide bonds. The predicted molar refractivity (Wildman–Crippen MR) is 112 cm³/mol. The number of halogens is 1. The fraction of sp³-hybridized carbons (Fsp3) is 0.190. The Morgan fingerprint density at radius 2 is 2.13 bits per heavy atom. The Bertz CT molecular complexity index is 1250. The maximum atomic E-state index is 13.0. The highest BCUT2D eigenvalue weighted by Crippen LogP contribution is 2.20. The Morgan fingerprint density at radius 3 is 2.90 bits per heavy atom. The van der Waals surface area contributed by atoms with Gasteiger partial charge in [0.15, 0.2) is 11.5 Å². The maximum Gasteiger partial charge on any atom is 0.276 e. The lowest BCUT2D eigenvalue weighted by Gasteiger charge is -2.20. The van der Waals surface area contributed by atoms with Crippen LogP contribution in [-0.2, 0) is 6.54 Å². The van der Waals surface area contributed by atoms with Crippen LogP contribution in [0.2, 0.25) is 5.02 Å². The molecule has 0 unspecified atom stereocenters. The summed E-state index contributed by atoms with van der Waals surface area (Å²) < 4.78 is 5.31. The number of nitrogens with one attached hydrogen (secondary N) is 1. The number of aromatic nitrogens is 4. The summed E-state index contributed by atoms with van der Waals surface area (Å²) in [6.07, 6.45) is 4.01. The number of aromatic amines is 1. The number of pyridine rings is 1. The highest BCUT2D eigenvalue weighted by atomic mass is 35.5. The highest BCUT2D eigenvalue weighted by Gasteiger charge is 2.21. The van der Waals surface area contributed by atoms with Gasteiger partial charge >= 0.3 is 0 Å².